The molecule has 0 aliphatic heterocycles. The Morgan fingerprint density at radius 1 is 1.10 bits per heavy atom. The van der Waals surface area contributed by atoms with Gasteiger partial charge >= 0.3 is 0 Å². The van der Waals surface area contributed by atoms with Gasteiger partial charge in [0.1, 0.15) is 5.75 Å². The average Bonchev–Trinajstić information content (AvgIpc) is 2.43. The number of phenols is 1. The molecule has 0 aliphatic carbocycles. The molecule has 0 heterocycles. The summed E-state index contributed by atoms with van der Waals surface area (Å²) in [5.41, 5.74) is 6.96. The van der Waals surface area contributed by atoms with Gasteiger partial charge in [-0.15, -0.1) is 0 Å². The third-order valence-corrected chi connectivity index (χ3v) is 4.57. The van der Waals surface area contributed by atoms with Gasteiger partial charge in [0.25, 0.3) is 0 Å². The van der Waals surface area contributed by atoms with Crippen LogP contribution in [0.4, 0.5) is 17.1 Å². The van der Waals surface area contributed by atoms with Gasteiger partial charge in [-0.3, -0.25) is 0 Å². The molecule has 2 aromatic rings. The number of aromatic hydroxyl groups is 1. The van der Waals surface area contributed by atoms with Crippen LogP contribution in [-0.2, 0) is 9.84 Å². The Hall–Kier alpha value is -2.25. The first-order valence-corrected chi connectivity index (χ1v) is 7.87. The predicted octanol–water partition coefficient (Wildman–Crippen LogP) is 1.48. The van der Waals surface area contributed by atoms with Crippen LogP contribution in [0.25, 0.3) is 0 Å². The molecule has 0 unspecified atom stereocenters. The number of nitrogen functional groups attached to an aromatic ring is 1. The number of aliphatic hydroxyl groups excluding tert-OH is 1. The van der Waals surface area contributed by atoms with E-state index in [4.69, 9.17) is 10.8 Å². The fourth-order valence-electron chi connectivity index (χ4n) is 1.83. The van der Waals surface area contributed by atoms with Crippen molar-refractivity contribution < 1.29 is 18.6 Å². The molecular weight excluding hydrogens is 292 g/mol. The first-order valence-electron chi connectivity index (χ1n) is 6.21. The molecule has 5 N–H and O–H groups in total. The highest BCUT2D eigenvalue weighted by atomic mass is 32.2. The molecule has 0 fully saturated rings. The number of nitrogens with two attached hydrogens (primary N) is 1. The van der Waals surface area contributed by atoms with Crippen molar-refractivity contribution in [3.63, 3.8) is 0 Å². The molecule has 7 heteroatoms. The van der Waals surface area contributed by atoms with E-state index in [0.717, 1.165) is 0 Å². The average molecular weight is 308 g/mol. The number of anilines is 3. The maximum atomic E-state index is 12.2. The summed E-state index contributed by atoms with van der Waals surface area (Å²) in [6.07, 6.45) is 0. The van der Waals surface area contributed by atoms with E-state index >= 15 is 0 Å². The zero-order valence-electron chi connectivity index (χ0n) is 11.2. The number of nitrogens with one attached hydrogen (secondary N) is 1. The van der Waals surface area contributed by atoms with Gasteiger partial charge in [0.05, 0.1) is 22.9 Å². The lowest BCUT2D eigenvalue weighted by atomic mass is 10.2. The SMILES string of the molecule is Nc1ccc(Nc2ccc(O)cc2)c(S(=O)(=O)CCO)c1. The summed E-state index contributed by atoms with van der Waals surface area (Å²) in [5, 5.41) is 21.1. The van der Waals surface area contributed by atoms with Crippen molar-refractivity contribution in [3.05, 3.63) is 42.5 Å². The second-order valence-corrected chi connectivity index (χ2v) is 6.55. The zero-order valence-corrected chi connectivity index (χ0v) is 12.0. The molecule has 0 amide bonds. The van der Waals surface area contributed by atoms with Crippen molar-refractivity contribution in [2.24, 2.45) is 0 Å². The summed E-state index contributed by atoms with van der Waals surface area (Å²) in [6, 6.07) is 10.7. The van der Waals surface area contributed by atoms with E-state index in [1.54, 1.807) is 24.3 Å². The lowest BCUT2D eigenvalue weighted by Crippen LogP contribution is -2.12. The minimum Gasteiger partial charge on any atom is -0.508 e. The first kappa shape index (κ1) is 15.1. The molecule has 6 nitrogen and oxygen atoms in total. The van der Waals surface area contributed by atoms with Gasteiger partial charge in [0.2, 0.25) is 0 Å². The standard InChI is InChI=1S/C14H16N2O4S/c15-10-1-6-13(14(9-10)21(19,20)8-7-17)16-11-2-4-12(18)5-3-11/h1-6,9,16-18H,7-8,15H2. The summed E-state index contributed by atoms with van der Waals surface area (Å²) in [7, 11) is -3.63. The van der Waals surface area contributed by atoms with Crippen LogP contribution in [0.3, 0.4) is 0 Å². The zero-order chi connectivity index (χ0) is 15.5. The maximum Gasteiger partial charge on any atom is 0.182 e. The monoisotopic (exact) mass is 308 g/mol. The van der Waals surface area contributed by atoms with Gasteiger partial charge in [0.15, 0.2) is 9.84 Å². The molecular formula is C14H16N2O4S. The number of benzene rings is 2. The predicted molar refractivity (Wildman–Crippen MR) is 81.4 cm³/mol. The van der Waals surface area contributed by atoms with E-state index in [9.17, 15) is 13.5 Å². The Morgan fingerprint density at radius 2 is 1.76 bits per heavy atom. The normalized spacial score (nSPS) is 11.3. The van der Waals surface area contributed by atoms with Crippen LogP contribution in [0.1, 0.15) is 0 Å². The topological polar surface area (TPSA) is 113 Å². The summed E-state index contributed by atoms with van der Waals surface area (Å²) in [4.78, 5) is 0.0321. The highest BCUT2D eigenvalue weighted by Gasteiger charge is 2.19. The van der Waals surface area contributed by atoms with Crippen molar-refractivity contribution in [1.82, 2.24) is 0 Å². The Morgan fingerprint density at radius 3 is 2.38 bits per heavy atom. The lowest BCUT2D eigenvalue weighted by molar-refractivity contribution is 0.319. The molecule has 0 aromatic heterocycles. The molecule has 2 aromatic carbocycles. The summed E-state index contributed by atoms with van der Waals surface area (Å²) < 4.78 is 24.3. The first-order chi connectivity index (χ1) is 9.92. The third kappa shape index (κ3) is 3.65. The molecule has 2 rings (SSSR count). The van der Waals surface area contributed by atoms with E-state index in [1.807, 2.05) is 0 Å². The van der Waals surface area contributed by atoms with Crippen LogP contribution < -0.4 is 11.1 Å². The summed E-state index contributed by atoms with van der Waals surface area (Å²) in [5.74, 6) is -0.258. The molecule has 0 spiro atoms. The maximum absolute atomic E-state index is 12.2. The van der Waals surface area contributed by atoms with Gasteiger partial charge < -0.3 is 21.3 Å². The Kier molecular flexibility index (Phi) is 4.35. The minimum absolute atomic E-state index is 0.0321. The lowest BCUT2D eigenvalue weighted by Gasteiger charge is -2.13. The fourth-order valence-corrected chi connectivity index (χ4v) is 3.06. The molecule has 112 valence electrons. The van der Waals surface area contributed by atoms with E-state index in [0.29, 0.717) is 17.1 Å². The van der Waals surface area contributed by atoms with Gasteiger partial charge in [-0.1, -0.05) is 0 Å². The van der Waals surface area contributed by atoms with Crippen LogP contribution in [0.15, 0.2) is 47.4 Å². The second-order valence-electron chi connectivity index (χ2n) is 4.47. The number of sulfone groups is 1. The molecule has 0 saturated carbocycles. The van der Waals surface area contributed by atoms with Crippen LogP contribution in [0, 0.1) is 0 Å². The van der Waals surface area contributed by atoms with Gasteiger partial charge in [0, 0.05) is 11.4 Å². The van der Waals surface area contributed by atoms with Crippen molar-refractivity contribution in [1.29, 1.82) is 0 Å². The van der Waals surface area contributed by atoms with Crippen molar-refractivity contribution >= 4 is 26.9 Å². The molecule has 0 bridgehead atoms. The number of phenolic OH excluding ortho intramolecular Hbond substituents is 1. The van der Waals surface area contributed by atoms with Crippen LogP contribution in [0.5, 0.6) is 5.75 Å². The highest BCUT2D eigenvalue weighted by Crippen LogP contribution is 2.28. The smallest absolute Gasteiger partial charge is 0.182 e. The van der Waals surface area contributed by atoms with Crippen LogP contribution in [-0.4, -0.2) is 31.0 Å². The Bertz CT molecular complexity index is 727. The molecule has 0 atom stereocenters. The van der Waals surface area contributed by atoms with Crippen LogP contribution in [0.2, 0.25) is 0 Å². The molecule has 0 aliphatic rings. The number of aliphatic hydroxyl groups is 1. The van der Waals surface area contributed by atoms with Crippen molar-refractivity contribution in [3.8, 4) is 5.75 Å². The minimum atomic E-state index is -3.63. The summed E-state index contributed by atoms with van der Waals surface area (Å²) >= 11 is 0. The third-order valence-electron chi connectivity index (χ3n) is 2.85. The van der Waals surface area contributed by atoms with E-state index < -0.39 is 16.4 Å². The molecule has 0 saturated heterocycles. The fraction of sp³-hybridized carbons (Fsp3) is 0.143. The largest absolute Gasteiger partial charge is 0.508 e. The summed E-state index contributed by atoms with van der Waals surface area (Å²) in [6.45, 7) is -0.463. The van der Waals surface area contributed by atoms with Crippen molar-refractivity contribution in [2.75, 3.05) is 23.4 Å². The Balaban J connectivity index is 2.42. The quantitative estimate of drug-likeness (QED) is 0.491. The van der Waals surface area contributed by atoms with Gasteiger partial charge in [-0.25, -0.2) is 8.42 Å². The molecule has 0 radical (unpaired) electrons. The number of hydrogen-bond donors (Lipinski definition) is 4. The van der Waals surface area contributed by atoms with Gasteiger partial charge in [-0.05, 0) is 42.5 Å². The molecule has 21 heavy (non-hydrogen) atoms. The van der Waals surface area contributed by atoms with Crippen LogP contribution >= 0.6 is 0 Å². The van der Waals surface area contributed by atoms with E-state index in [-0.39, 0.29) is 16.4 Å². The van der Waals surface area contributed by atoms with Crippen molar-refractivity contribution in [2.45, 2.75) is 4.90 Å². The van der Waals surface area contributed by atoms with E-state index in [1.165, 1.54) is 18.2 Å². The Labute approximate surface area is 122 Å². The number of rotatable bonds is 5. The second kappa shape index (κ2) is 6.02. The highest BCUT2D eigenvalue weighted by molar-refractivity contribution is 7.91. The number of hydrogen-bond acceptors (Lipinski definition) is 6. The van der Waals surface area contributed by atoms with Gasteiger partial charge in [-0.2, -0.15) is 0 Å². The van der Waals surface area contributed by atoms with E-state index in [2.05, 4.69) is 5.32 Å².